The van der Waals surface area contributed by atoms with Crippen LogP contribution in [-0.4, -0.2) is 30.8 Å². The van der Waals surface area contributed by atoms with E-state index in [-0.39, 0.29) is 17.7 Å². The molecule has 0 saturated carbocycles. The zero-order valence-corrected chi connectivity index (χ0v) is 25.2. The lowest BCUT2D eigenvalue weighted by Gasteiger charge is -2.20. The molecule has 0 heterocycles. The van der Waals surface area contributed by atoms with E-state index in [0.29, 0.717) is 25.0 Å². The summed E-state index contributed by atoms with van der Waals surface area (Å²) in [6.45, 7) is 6.43. The second kappa shape index (κ2) is 17.9. The Hall–Kier alpha value is -4.07. The molecule has 0 aliphatic carbocycles. The number of hydrogen-bond donors (Lipinski definition) is 0. The van der Waals surface area contributed by atoms with Gasteiger partial charge in [0.1, 0.15) is 11.5 Å². The highest BCUT2D eigenvalue weighted by Crippen LogP contribution is 2.29. The first-order chi connectivity index (χ1) is 21.2. The van der Waals surface area contributed by atoms with E-state index in [1.165, 1.54) is 24.3 Å². The van der Waals surface area contributed by atoms with Crippen molar-refractivity contribution in [2.75, 3.05) is 6.61 Å². The first-order valence-corrected chi connectivity index (χ1v) is 15.3. The third-order valence-corrected chi connectivity index (χ3v) is 7.11. The van der Waals surface area contributed by atoms with Crippen LogP contribution in [0.1, 0.15) is 91.8 Å². The molecule has 236 valence electrons. The van der Waals surface area contributed by atoms with Crippen LogP contribution < -0.4 is 9.47 Å². The first kappa shape index (κ1) is 34.4. The van der Waals surface area contributed by atoms with Gasteiger partial charge in [0.2, 0.25) is 0 Å². The number of esters is 2. The van der Waals surface area contributed by atoms with Crippen LogP contribution in [0.2, 0.25) is 0 Å². The summed E-state index contributed by atoms with van der Waals surface area (Å²) in [7, 11) is 0. The second-order valence-electron chi connectivity index (χ2n) is 10.6. The van der Waals surface area contributed by atoms with E-state index < -0.39 is 24.2 Å². The molecule has 0 aliphatic heterocycles. The van der Waals surface area contributed by atoms with Crippen LogP contribution in [0, 0.1) is 0 Å². The smallest absolute Gasteiger partial charge is 0.425 e. The summed E-state index contributed by atoms with van der Waals surface area (Å²) >= 11 is 0. The summed E-state index contributed by atoms with van der Waals surface area (Å²) in [6, 6.07) is 19.9. The molecule has 5 nitrogen and oxygen atoms in total. The van der Waals surface area contributed by atoms with Crippen molar-refractivity contribution in [3.05, 3.63) is 96.6 Å². The van der Waals surface area contributed by atoms with E-state index >= 15 is 0 Å². The molecule has 0 N–H and O–H groups in total. The van der Waals surface area contributed by atoms with Gasteiger partial charge in [-0.05, 0) is 91.8 Å². The summed E-state index contributed by atoms with van der Waals surface area (Å²) in [6.07, 6.45) is 2.74. The molecule has 0 amide bonds. The lowest BCUT2D eigenvalue weighted by Crippen LogP contribution is -2.33. The molecule has 0 spiro atoms. The molecular formula is C36H41F3O5. The molecule has 0 aliphatic rings. The van der Waals surface area contributed by atoms with Crippen molar-refractivity contribution in [2.45, 2.75) is 83.4 Å². The van der Waals surface area contributed by atoms with E-state index in [2.05, 4.69) is 13.5 Å². The van der Waals surface area contributed by atoms with Crippen LogP contribution in [-0.2, 0) is 4.74 Å². The summed E-state index contributed by atoms with van der Waals surface area (Å²) in [5.74, 6) is -0.742. The maximum Gasteiger partial charge on any atom is 0.425 e. The average molecular weight is 611 g/mol. The molecule has 1 atom stereocenters. The number of benzene rings is 3. The minimum absolute atomic E-state index is 0.0598. The van der Waals surface area contributed by atoms with Crippen LogP contribution in [0.4, 0.5) is 13.2 Å². The number of ether oxygens (including phenoxy) is 3. The molecule has 0 fully saturated rings. The standard InChI is InChI=1S/C36H41F3O5/c1-3-5-7-9-10-11-13-33(36(37,38)39)44-35(41)30-20-24-32(25-21-30)43-34(40)29-16-14-27(15-17-29)28-18-22-31(23-19-28)42-26-12-8-6-4-2/h4,14-25,33H,2-3,5-13,26H2,1H3. The SMILES string of the molecule is C=CCCCCOc1ccc(-c2ccc(C(=O)Oc3ccc(C(=O)OC(CCCCCCCC)C(F)(F)F)cc3)cc2)cc1. The quantitative estimate of drug-likeness (QED) is 0.0621. The minimum Gasteiger partial charge on any atom is -0.494 e. The molecule has 3 aromatic carbocycles. The van der Waals surface area contributed by atoms with E-state index in [0.717, 1.165) is 61.8 Å². The molecule has 8 heteroatoms. The monoisotopic (exact) mass is 610 g/mol. The van der Waals surface area contributed by atoms with Crippen molar-refractivity contribution in [3.63, 3.8) is 0 Å². The molecule has 1 unspecified atom stereocenters. The lowest BCUT2D eigenvalue weighted by molar-refractivity contribution is -0.206. The van der Waals surface area contributed by atoms with E-state index in [1.807, 2.05) is 42.5 Å². The van der Waals surface area contributed by atoms with Crippen LogP contribution >= 0.6 is 0 Å². The zero-order valence-electron chi connectivity index (χ0n) is 25.2. The summed E-state index contributed by atoms with van der Waals surface area (Å²) in [5.41, 5.74) is 2.14. The van der Waals surface area contributed by atoms with Gasteiger partial charge >= 0.3 is 18.1 Å². The van der Waals surface area contributed by atoms with Crippen LogP contribution in [0.3, 0.4) is 0 Å². The molecule has 0 saturated heterocycles. The first-order valence-electron chi connectivity index (χ1n) is 15.3. The van der Waals surface area contributed by atoms with Crippen molar-refractivity contribution in [3.8, 4) is 22.6 Å². The maximum atomic E-state index is 13.5. The minimum atomic E-state index is -4.65. The van der Waals surface area contributed by atoms with E-state index in [4.69, 9.17) is 14.2 Å². The van der Waals surface area contributed by atoms with Gasteiger partial charge in [0, 0.05) is 0 Å². The van der Waals surface area contributed by atoms with Gasteiger partial charge in [0.15, 0.2) is 6.10 Å². The third-order valence-electron chi connectivity index (χ3n) is 7.11. The van der Waals surface area contributed by atoms with Gasteiger partial charge in [0.05, 0.1) is 17.7 Å². The maximum absolute atomic E-state index is 13.5. The number of halogens is 3. The Morgan fingerprint density at radius 1 is 0.727 bits per heavy atom. The number of allylic oxidation sites excluding steroid dienone is 1. The second-order valence-corrected chi connectivity index (χ2v) is 10.6. The Morgan fingerprint density at radius 3 is 1.89 bits per heavy atom. The van der Waals surface area contributed by atoms with Gasteiger partial charge in [-0.3, -0.25) is 0 Å². The van der Waals surface area contributed by atoms with Crippen LogP contribution in [0.15, 0.2) is 85.5 Å². The van der Waals surface area contributed by atoms with Gasteiger partial charge < -0.3 is 14.2 Å². The van der Waals surface area contributed by atoms with Crippen molar-refractivity contribution >= 4 is 11.9 Å². The number of rotatable bonds is 18. The fourth-order valence-electron chi connectivity index (χ4n) is 4.54. The van der Waals surface area contributed by atoms with Crippen molar-refractivity contribution in [1.82, 2.24) is 0 Å². The van der Waals surface area contributed by atoms with Crippen LogP contribution in [0.25, 0.3) is 11.1 Å². The fraction of sp³-hybridized carbons (Fsp3) is 0.389. The zero-order chi connectivity index (χ0) is 31.8. The predicted octanol–water partition coefficient (Wildman–Crippen LogP) is 10.1. The number of carbonyl (C=O) groups is 2. The van der Waals surface area contributed by atoms with Gasteiger partial charge in [-0.2, -0.15) is 13.2 Å². The largest absolute Gasteiger partial charge is 0.494 e. The number of alkyl halides is 3. The van der Waals surface area contributed by atoms with Gasteiger partial charge in [-0.15, -0.1) is 6.58 Å². The highest BCUT2D eigenvalue weighted by molar-refractivity contribution is 5.92. The molecule has 44 heavy (non-hydrogen) atoms. The average Bonchev–Trinajstić information content (AvgIpc) is 3.02. The van der Waals surface area contributed by atoms with Crippen molar-refractivity contribution < 1.29 is 37.0 Å². The summed E-state index contributed by atoms with van der Waals surface area (Å²) in [4.78, 5) is 25.1. The highest BCUT2D eigenvalue weighted by Gasteiger charge is 2.42. The van der Waals surface area contributed by atoms with Crippen molar-refractivity contribution in [1.29, 1.82) is 0 Å². The number of carbonyl (C=O) groups excluding carboxylic acids is 2. The molecule has 0 bridgehead atoms. The summed E-state index contributed by atoms with van der Waals surface area (Å²) < 4.78 is 56.4. The molecule has 3 rings (SSSR count). The molecule has 0 radical (unpaired) electrons. The van der Waals surface area contributed by atoms with E-state index in [9.17, 15) is 22.8 Å². The third kappa shape index (κ3) is 11.5. The van der Waals surface area contributed by atoms with Gasteiger partial charge in [0.25, 0.3) is 0 Å². The Bertz CT molecular complexity index is 1300. The molecular weight excluding hydrogens is 569 g/mol. The topological polar surface area (TPSA) is 61.8 Å². The van der Waals surface area contributed by atoms with Gasteiger partial charge in [-0.25, -0.2) is 9.59 Å². The van der Waals surface area contributed by atoms with E-state index in [1.54, 1.807) is 12.1 Å². The number of unbranched alkanes of at least 4 members (excludes halogenated alkanes) is 7. The number of hydrogen-bond acceptors (Lipinski definition) is 5. The Labute approximate surface area is 258 Å². The Morgan fingerprint density at radius 2 is 1.27 bits per heavy atom. The lowest BCUT2D eigenvalue weighted by atomic mass is 10.0. The Balaban J connectivity index is 1.50. The highest BCUT2D eigenvalue weighted by atomic mass is 19.4. The van der Waals surface area contributed by atoms with Gasteiger partial charge in [-0.1, -0.05) is 69.4 Å². The Kier molecular flexibility index (Phi) is 14.0. The normalized spacial score (nSPS) is 11.9. The fourth-order valence-corrected chi connectivity index (χ4v) is 4.54. The summed E-state index contributed by atoms with van der Waals surface area (Å²) in [5, 5.41) is 0. The van der Waals surface area contributed by atoms with Crippen molar-refractivity contribution in [2.24, 2.45) is 0 Å². The molecule has 0 aromatic heterocycles. The van der Waals surface area contributed by atoms with Crippen LogP contribution in [0.5, 0.6) is 11.5 Å². The predicted molar refractivity (Wildman–Crippen MR) is 166 cm³/mol. The molecule has 3 aromatic rings.